The van der Waals surface area contributed by atoms with Crippen LogP contribution in [0.5, 0.6) is 0 Å². The predicted molar refractivity (Wildman–Crippen MR) is 88.2 cm³/mol. The van der Waals surface area contributed by atoms with Crippen molar-refractivity contribution < 1.29 is 9.53 Å². The van der Waals surface area contributed by atoms with Gasteiger partial charge in [0.05, 0.1) is 22.7 Å². The van der Waals surface area contributed by atoms with Gasteiger partial charge in [0.15, 0.2) is 11.5 Å². The quantitative estimate of drug-likeness (QED) is 0.853. The molecule has 1 amide bonds. The summed E-state index contributed by atoms with van der Waals surface area (Å²) in [5.74, 6) is 1.36. The molecule has 0 radical (unpaired) electrons. The Hall–Kier alpha value is -1.93. The zero-order valence-corrected chi connectivity index (χ0v) is 14.7. The molecule has 0 bridgehead atoms. The van der Waals surface area contributed by atoms with Crippen LogP contribution in [0.15, 0.2) is 0 Å². The van der Waals surface area contributed by atoms with Crippen LogP contribution in [-0.4, -0.2) is 62.5 Å². The van der Waals surface area contributed by atoms with Gasteiger partial charge in [-0.1, -0.05) is 18.5 Å². The molecule has 1 fully saturated rings. The topological polar surface area (TPSA) is 99.8 Å². The van der Waals surface area contributed by atoms with E-state index in [-0.39, 0.29) is 23.6 Å². The Labute approximate surface area is 144 Å². The lowest BCUT2D eigenvalue weighted by Gasteiger charge is -2.23. The maximum absolute atomic E-state index is 12.6. The van der Waals surface area contributed by atoms with Gasteiger partial charge >= 0.3 is 0 Å². The van der Waals surface area contributed by atoms with Crippen molar-refractivity contribution in [2.45, 2.75) is 38.7 Å². The number of aromatic nitrogens is 5. The molecular weight excluding hydrogens is 332 g/mol. The molecule has 0 unspecified atom stereocenters. The summed E-state index contributed by atoms with van der Waals surface area (Å²) in [4.78, 5) is 18.6. The first kappa shape index (κ1) is 16.9. The number of aryl methyl sites for hydroxylation is 2. The number of hydrogen-bond acceptors (Lipinski definition) is 5. The van der Waals surface area contributed by atoms with Crippen LogP contribution in [0.4, 0.5) is 0 Å². The molecule has 8 nitrogen and oxygen atoms in total. The van der Waals surface area contributed by atoms with E-state index >= 15 is 0 Å². The van der Waals surface area contributed by atoms with Crippen molar-refractivity contribution in [1.82, 2.24) is 30.3 Å². The van der Waals surface area contributed by atoms with Crippen molar-refractivity contribution >= 4 is 17.5 Å². The summed E-state index contributed by atoms with van der Waals surface area (Å²) < 4.78 is 5.79. The molecule has 3 heterocycles. The number of carbonyl (C=O) groups excluding carboxylic acids is 1. The number of nitrogens with one attached hydrogen (secondary N) is 2. The molecule has 130 valence electrons. The van der Waals surface area contributed by atoms with Gasteiger partial charge in [0.2, 0.25) is 0 Å². The van der Waals surface area contributed by atoms with E-state index in [9.17, 15) is 4.79 Å². The van der Waals surface area contributed by atoms with Crippen molar-refractivity contribution in [3.05, 3.63) is 28.1 Å². The van der Waals surface area contributed by atoms with Crippen LogP contribution in [0.25, 0.3) is 0 Å². The first-order chi connectivity index (χ1) is 11.5. The number of hydrogen-bond donors (Lipinski definition) is 2. The Morgan fingerprint density at radius 2 is 2.21 bits per heavy atom. The van der Waals surface area contributed by atoms with Gasteiger partial charge in [0.1, 0.15) is 5.82 Å². The Balaban J connectivity index is 1.70. The molecule has 0 aromatic carbocycles. The molecular formula is C15H21ClN6O2. The molecule has 2 aromatic heterocycles. The molecule has 1 aliphatic heterocycles. The molecule has 0 spiro atoms. The first-order valence-corrected chi connectivity index (χ1v) is 8.37. The summed E-state index contributed by atoms with van der Waals surface area (Å²) >= 11 is 6.21. The van der Waals surface area contributed by atoms with Crippen molar-refractivity contribution in [2.75, 3.05) is 20.2 Å². The lowest BCUT2D eigenvalue weighted by Crippen LogP contribution is -2.36. The highest BCUT2D eigenvalue weighted by atomic mass is 35.5. The smallest absolute Gasteiger partial charge is 0.275 e. The third kappa shape index (κ3) is 3.16. The Morgan fingerprint density at radius 3 is 2.83 bits per heavy atom. The molecule has 1 saturated heterocycles. The van der Waals surface area contributed by atoms with Gasteiger partial charge in [0.25, 0.3) is 5.91 Å². The molecule has 2 N–H and O–H groups in total. The second-order valence-corrected chi connectivity index (χ2v) is 6.37. The number of rotatable bonds is 5. The van der Waals surface area contributed by atoms with E-state index in [0.717, 1.165) is 23.8 Å². The second kappa shape index (κ2) is 6.90. The van der Waals surface area contributed by atoms with Gasteiger partial charge in [-0.2, -0.15) is 10.2 Å². The summed E-state index contributed by atoms with van der Waals surface area (Å²) in [5.41, 5.74) is 1.01. The van der Waals surface area contributed by atoms with E-state index in [1.165, 1.54) is 0 Å². The van der Waals surface area contributed by atoms with Crippen LogP contribution in [-0.2, 0) is 11.2 Å². The van der Waals surface area contributed by atoms with Crippen LogP contribution < -0.4 is 0 Å². The van der Waals surface area contributed by atoms with Crippen molar-refractivity contribution in [3.8, 4) is 0 Å². The minimum absolute atomic E-state index is 0.0751. The van der Waals surface area contributed by atoms with Crippen LogP contribution in [0.3, 0.4) is 0 Å². The fraction of sp³-hybridized carbons (Fsp3) is 0.600. The molecule has 9 heteroatoms. The molecule has 24 heavy (non-hydrogen) atoms. The van der Waals surface area contributed by atoms with Crippen LogP contribution in [0, 0.1) is 6.92 Å². The van der Waals surface area contributed by atoms with Gasteiger partial charge in [-0.15, -0.1) is 0 Å². The summed E-state index contributed by atoms with van der Waals surface area (Å²) in [7, 11) is 1.72. The number of carbonyl (C=O) groups is 1. The van der Waals surface area contributed by atoms with E-state index in [0.29, 0.717) is 24.6 Å². The maximum Gasteiger partial charge on any atom is 0.275 e. The highest BCUT2D eigenvalue weighted by molar-refractivity contribution is 6.34. The standard InChI is InChI=1S/C15H21ClN6O2/c1-4-10-12(16)13(20-19-10)15(23)22(3)7-11-9(5-6-24-11)14-17-8(2)18-21-14/h9,11H,4-7H2,1-3H3,(H,19,20)(H,17,18,21)/t9-,11-/m1/s1. The molecule has 2 atom stereocenters. The average molecular weight is 353 g/mol. The average Bonchev–Trinajstić information content (AvgIpc) is 3.26. The van der Waals surface area contributed by atoms with E-state index in [4.69, 9.17) is 16.3 Å². The number of amides is 1. The number of likely N-dealkylation sites (N-methyl/N-ethyl adjacent to an activating group) is 1. The van der Waals surface area contributed by atoms with E-state index < -0.39 is 0 Å². The normalized spacial score (nSPS) is 20.5. The largest absolute Gasteiger partial charge is 0.376 e. The van der Waals surface area contributed by atoms with Crippen molar-refractivity contribution in [1.29, 1.82) is 0 Å². The SMILES string of the molecule is CCc1[nH]nc(C(=O)N(C)C[C@H]2OCC[C@H]2c2n[nH]c(C)n2)c1Cl. The highest BCUT2D eigenvalue weighted by Crippen LogP contribution is 2.30. The Morgan fingerprint density at radius 1 is 1.42 bits per heavy atom. The number of ether oxygens (including phenoxy) is 1. The van der Waals surface area contributed by atoms with E-state index in [1.54, 1.807) is 11.9 Å². The number of halogens is 1. The van der Waals surface area contributed by atoms with Crippen LogP contribution >= 0.6 is 11.6 Å². The van der Waals surface area contributed by atoms with Gasteiger partial charge in [-0.25, -0.2) is 4.98 Å². The summed E-state index contributed by atoms with van der Waals surface area (Å²) in [6.45, 7) is 4.88. The minimum atomic E-state index is -0.226. The van der Waals surface area contributed by atoms with Crippen molar-refractivity contribution in [3.63, 3.8) is 0 Å². The zero-order chi connectivity index (χ0) is 17.3. The Bertz CT molecular complexity index is 727. The fourth-order valence-corrected chi connectivity index (χ4v) is 3.22. The zero-order valence-electron chi connectivity index (χ0n) is 14.0. The fourth-order valence-electron chi connectivity index (χ4n) is 2.92. The van der Waals surface area contributed by atoms with Crippen molar-refractivity contribution in [2.24, 2.45) is 0 Å². The number of nitrogens with zero attached hydrogens (tertiary/aromatic N) is 4. The predicted octanol–water partition coefficient (Wildman–Crippen LogP) is 1.70. The summed E-state index contributed by atoms with van der Waals surface area (Å²) in [5, 5.41) is 14.3. The molecule has 1 aliphatic rings. The first-order valence-electron chi connectivity index (χ1n) is 8.00. The van der Waals surface area contributed by atoms with Gasteiger partial charge in [0, 0.05) is 20.2 Å². The molecule has 2 aromatic rings. The number of aromatic amines is 2. The van der Waals surface area contributed by atoms with E-state index in [1.807, 2.05) is 13.8 Å². The van der Waals surface area contributed by atoms with Crippen LogP contribution in [0.1, 0.15) is 47.1 Å². The second-order valence-electron chi connectivity index (χ2n) is 5.99. The lowest BCUT2D eigenvalue weighted by molar-refractivity contribution is 0.0546. The molecule has 3 rings (SSSR count). The van der Waals surface area contributed by atoms with E-state index in [2.05, 4.69) is 25.4 Å². The van der Waals surface area contributed by atoms with Gasteiger partial charge in [-0.05, 0) is 19.8 Å². The molecule has 0 saturated carbocycles. The Kier molecular flexibility index (Phi) is 4.86. The summed E-state index contributed by atoms with van der Waals surface area (Å²) in [6.07, 6.45) is 1.39. The molecule has 0 aliphatic carbocycles. The maximum atomic E-state index is 12.6. The third-order valence-corrected chi connectivity index (χ3v) is 4.70. The highest BCUT2D eigenvalue weighted by Gasteiger charge is 2.34. The van der Waals surface area contributed by atoms with Crippen LogP contribution in [0.2, 0.25) is 5.02 Å². The monoisotopic (exact) mass is 352 g/mol. The number of H-pyrrole nitrogens is 2. The summed E-state index contributed by atoms with van der Waals surface area (Å²) in [6, 6.07) is 0. The lowest BCUT2D eigenvalue weighted by atomic mass is 10.0. The minimum Gasteiger partial charge on any atom is -0.376 e. The third-order valence-electron chi connectivity index (χ3n) is 4.29. The van der Waals surface area contributed by atoms with Gasteiger partial charge < -0.3 is 9.64 Å². The van der Waals surface area contributed by atoms with Gasteiger partial charge in [-0.3, -0.25) is 15.0 Å².